The molecule has 33 heavy (non-hydrogen) atoms. The second-order valence-electron chi connectivity index (χ2n) is 9.13. The number of amides is 1. The quantitative estimate of drug-likeness (QED) is 0.618. The minimum absolute atomic E-state index is 0.0229. The Bertz CT molecular complexity index is 1110. The monoisotopic (exact) mass is 449 g/mol. The number of benzene rings is 1. The van der Waals surface area contributed by atoms with E-state index < -0.39 is 0 Å². The Morgan fingerprint density at radius 1 is 1.12 bits per heavy atom. The van der Waals surface area contributed by atoms with Gasteiger partial charge in [0.25, 0.3) is 5.91 Å². The molecule has 8 nitrogen and oxygen atoms in total. The maximum absolute atomic E-state index is 13.2. The summed E-state index contributed by atoms with van der Waals surface area (Å²) in [7, 11) is 0. The molecule has 174 valence electrons. The third-order valence-corrected chi connectivity index (χ3v) is 7.03. The van der Waals surface area contributed by atoms with Crippen LogP contribution >= 0.6 is 0 Å². The molecule has 0 radical (unpaired) electrons. The van der Waals surface area contributed by atoms with Crippen LogP contribution in [0, 0.1) is 6.92 Å². The van der Waals surface area contributed by atoms with E-state index >= 15 is 0 Å². The van der Waals surface area contributed by atoms with Crippen molar-refractivity contribution in [2.45, 2.75) is 51.3 Å². The van der Waals surface area contributed by atoms with Gasteiger partial charge in [0, 0.05) is 49.7 Å². The van der Waals surface area contributed by atoms with Gasteiger partial charge in [0.05, 0.1) is 12.4 Å². The largest absolute Gasteiger partial charge is 0.464 e. The molecule has 1 amide bonds. The standard InChI is InChI=1S/C25H31N5O3/c1-17-23(25(32)30-9-4-20(5-10-30)29-11-6-21(31)7-12-29)27-16-28-24(17)26-15-18-2-3-22-19(14-18)8-13-33-22/h2-3,8,13-14,16,20-21,31H,4-7,9-12,15H2,1H3,(H,26,27,28). The molecule has 1 aromatic carbocycles. The van der Waals surface area contributed by atoms with Crippen LogP contribution in [0.2, 0.25) is 0 Å². The van der Waals surface area contributed by atoms with Crippen molar-refractivity contribution in [1.29, 1.82) is 0 Å². The Balaban J connectivity index is 1.20. The summed E-state index contributed by atoms with van der Waals surface area (Å²) in [4.78, 5) is 26.3. The first-order chi connectivity index (χ1) is 16.1. The number of aliphatic hydroxyl groups excluding tert-OH is 1. The molecule has 2 aliphatic heterocycles. The van der Waals surface area contributed by atoms with Crippen molar-refractivity contribution < 1.29 is 14.3 Å². The number of likely N-dealkylation sites (tertiary alicyclic amines) is 2. The highest BCUT2D eigenvalue weighted by molar-refractivity contribution is 5.94. The summed E-state index contributed by atoms with van der Waals surface area (Å²) >= 11 is 0. The van der Waals surface area contributed by atoms with Gasteiger partial charge >= 0.3 is 0 Å². The molecule has 2 aliphatic rings. The number of aromatic nitrogens is 2. The van der Waals surface area contributed by atoms with Crippen LogP contribution in [0.1, 0.15) is 47.3 Å². The maximum atomic E-state index is 13.2. The number of hydrogen-bond donors (Lipinski definition) is 2. The first-order valence-corrected chi connectivity index (χ1v) is 11.8. The number of hydrogen-bond acceptors (Lipinski definition) is 7. The molecule has 8 heteroatoms. The molecular formula is C25H31N5O3. The fourth-order valence-corrected chi connectivity index (χ4v) is 4.99. The predicted octanol–water partition coefficient (Wildman–Crippen LogP) is 3.20. The van der Waals surface area contributed by atoms with Crippen molar-refractivity contribution in [1.82, 2.24) is 19.8 Å². The SMILES string of the molecule is Cc1c(NCc2ccc3occc3c2)ncnc1C(=O)N1CCC(N2CCC(O)CC2)CC1. The van der Waals surface area contributed by atoms with Crippen LogP contribution in [-0.4, -0.2) is 69.1 Å². The van der Waals surface area contributed by atoms with Crippen molar-refractivity contribution in [3.05, 3.63) is 53.7 Å². The van der Waals surface area contributed by atoms with Crippen LogP contribution < -0.4 is 5.32 Å². The van der Waals surface area contributed by atoms with Crippen LogP contribution in [0.25, 0.3) is 11.0 Å². The number of furan rings is 1. The van der Waals surface area contributed by atoms with Gasteiger partial charge in [0.1, 0.15) is 23.4 Å². The van der Waals surface area contributed by atoms with Crippen LogP contribution in [0.4, 0.5) is 5.82 Å². The van der Waals surface area contributed by atoms with E-state index in [1.54, 1.807) is 6.26 Å². The summed E-state index contributed by atoms with van der Waals surface area (Å²) in [6, 6.07) is 8.52. The van der Waals surface area contributed by atoms with Gasteiger partial charge in [-0.15, -0.1) is 0 Å². The van der Waals surface area contributed by atoms with E-state index in [0.717, 1.165) is 74.0 Å². The lowest BCUT2D eigenvalue weighted by molar-refractivity contribution is 0.0355. The van der Waals surface area contributed by atoms with E-state index in [0.29, 0.717) is 24.1 Å². The number of piperidine rings is 2. The fraction of sp³-hybridized carbons (Fsp3) is 0.480. The topological polar surface area (TPSA) is 94.7 Å². The van der Waals surface area contributed by atoms with Crippen LogP contribution in [0.5, 0.6) is 0 Å². The van der Waals surface area contributed by atoms with E-state index in [2.05, 4.69) is 26.3 Å². The number of nitrogens with zero attached hydrogens (tertiary/aromatic N) is 4. The molecule has 0 atom stereocenters. The average Bonchev–Trinajstić information content (AvgIpc) is 3.32. The normalized spacial score (nSPS) is 18.7. The van der Waals surface area contributed by atoms with Crippen molar-refractivity contribution >= 4 is 22.7 Å². The summed E-state index contributed by atoms with van der Waals surface area (Å²) in [6.07, 6.45) is 6.64. The molecule has 0 aliphatic carbocycles. The van der Waals surface area contributed by atoms with E-state index in [1.807, 2.05) is 30.0 Å². The molecule has 2 saturated heterocycles. The predicted molar refractivity (Wildman–Crippen MR) is 126 cm³/mol. The summed E-state index contributed by atoms with van der Waals surface area (Å²) in [5, 5.41) is 14.2. The zero-order valence-electron chi connectivity index (χ0n) is 19.0. The van der Waals surface area contributed by atoms with Crippen molar-refractivity contribution in [2.24, 2.45) is 0 Å². The molecule has 0 bridgehead atoms. The number of carbonyl (C=O) groups is 1. The van der Waals surface area contributed by atoms with Gasteiger partial charge in [-0.1, -0.05) is 6.07 Å². The third-order valence-electron chi connectivity index (χ3n) is 7.03. The number of anilines is 1. The molecule has 2 fully saturated rings. The van der Waals surface area contributed by atoms with Crippen molar-refractivity contribution in [2.75, 3.05) is 31.5 Å². The van der Waals surface area contributed by atoms with Crippen molar-refractivity contribution in [3.63, 3.8) is 0 Å². The van der Waals surface area contributed by atoms with Crippen LogP contribution in [0.3, 0.4) is 0 Å². The van der Waals surface area contributed by atoms with Crippen LogP contribution in [0.15, 0.2) is 41.3 Å². The van der Waals surface area contributed by atoms with E-state index in [1.165, 1.54) is 6.33 Å². The van der Waals surface area contributed by atoms with Gasteiger partial charge in [-0.2, -0.15) is 0 Å². The summed E-state index contributed by atoms with van der Waals surface area (Å²) in [5.74, 6) is 0.660. The Hall–Kier alpha value is -2.97. The molecule has 5 rings (SSSR count). The Kier molecular flexibility index (Phi) is 6.28. The van der Waals surface area contributed by atoms with Gasteiger partial charge in [-0.05, 0) is 56.4 Å². The summed E-state index contributed by atoms with van der Waals surface area (Å²) in [6.45, 7) is 5.88. The number of carbonyl (C=O) groups excluding carboxylic acids is 1. The molecule has 0 unspecified atom stereocenters. The first-order valence-electron chi connectivity index (χ1n) is 11.8. The lowest BCUT2D eigenvalue weighted by Crippen LogP contribution is -2.49. The fourth-order valence-electron chi connectivity index (χ4n) is 4.99. The highest BCUT2D eigenvalue weighted by Gasteiger charge is 2.30. The lowest BCUT2D eigenvalue weighted by Gasteiger charge is -2.41. The van der Waals surface area contributed by atoms with Crippen LogP contribution in [-0.2, 0) is 6.54 Å². The zero-order chi connectivity index (χ0) is 22.8. The van der Waals surface area contributed by atoms with E-state index in [9.17, 15) is 9.90 Å². The lowest BCUT2D eigenvalue weighted by atomic mass is 9.98. The van der Waals surface area contributed by atoms with Crippen molar-refractivity contribution in [3.8, 4) is 0 Å². The molecule has 0 spiro atoms. The second-order valence-corrected chi connectivity index (χ2v) is 9.13. The molecule has 2 N–H and O–H groups in total. The zero-order valence-corrected chi connectivity index (χ0v) is 19.0. The Morgan fingerprint density at radius 3 is 2.70 bits per heavy atom. The number of rotatable bonds is 5. The van der Waals surface area contributed by atoms with Gasteiger partial charge in [-0.3, -0.25) is 4.79 Å². The third kappa shape index (κ3) is 4.72. The van der Waals surface area contributed by atoms with E-state index in [-0.39, 0.29) is 12.0 Å². The van der Waals surface area contributed by atoms with Gasteiger partial charge < -0.3 is 24.6 Å². The molecule has 3 aromatic rings. The Morgan fingerprint density at radius 2 is 1.91 bits per heavy atom. The minimum atomic E-state index is -0.153. The number of fused-ring (bicyclic) bond motifs is 1. The molecular weight excluding hydrogens is 418 g/mol. The number of aliphatic hydroxyl groups is 1. The average molecular weight is 450 g/mol. The maximum Gasteiger partial charge on any atom is 0.272 e. The van der Waals surface area contributed by atoms with Gasteiger partial charge in [0.15, 0.2) is 0 Å². The smallest absolute Gasteiger partial charge is 0.272 e. The van der Waals surface area contributed by atoms with Gasteiger partial charge in [-0.25, -0.2) is 9.97 Å². The van der Waals surface area contributed by atoms with Gasteiger partial charge in [0.2, 0.25) is 0 Å². The van der Waals surface area contributed by atoms with E-state index in [4.69, 9.17) is 4.42 Å². The highest BCUT2D eigenvalue weighted by Crippen LogP contribution is 2.24. The highest BCUT2D eigenvalue weighted by atomic mass is 16.3. The summed E-state index contributed by atoms with van der Waals surface area (Å²) in [5.41, 5.74) is 3.23. The first kappa shape index (κ1) is 21.9. The Labute approximate surface area is 193 Å². The summed E-state index contributed by atoms with van der Waals surface area (Å²) < 4.78 is 5.40. The molecule has 0 saturated carbocycles. The minimum Gasteiger partial charge on any atom is -0.464 e. The molecule has 4 heterocycles. The molecule has 2 aromatic heterocycles. The second kappa shape index (κ2) is 9.49. The number of nitrogens with one attached hydrogen (secondary N) is 1.